The van der Waals surface area contributed by atoms with Crippen LogP contribution in [0.1, 0.15) is 22.7 Å². The first-order chi connectivity index (χ1) is 9.38. The smallest absolute Gasteiger partial charge is 0.159 e. The average molecular weight is 283 g/mol. The zero-order chi connectivity index (χ0) is 14.9. The van der Waals surface area contributed by atoms with E-state index in [4.69, 9.17) is 5.73 Å². The van der Waals surface area contributed by atoms with E-state index in [0.717, 1.165) is 18.2 Å². The van der Waals surface area contributed by atoms with Gasteiger partial charge in [0.1, 0.15) is 11.6 Å². The topological polar surface area (TPSA) is 26.0 Å². The number of aryl methyl sites for hydroxylation is 1. The van der Waals surface area contributed by atoms with Crippen LogP contribution in [0.2, 0.25) is 0 Å². The van der Waals surface area contributed by atoms with Crippen LogP contribution < -0.4 is 5.73 Å². The maximum atomic E-state index is 13.7. The van der Waals surface area contributed by atoms with Crippen molar-refractivity contribution >= 4 is 0 Å². The Bertz CT molecular complexity index is 640. The molecule has 1 nitrogen and oxygen atoms in total. The Labute approximate surface area is 114 Å². The van der Waals surface area contributed by atoms with Crippen LogP contribution in [-0.4, -0.2) is 0 Å². The van der Waals surface area contributed by atoms with Crippen LogP contribution in [0.3, 0.4) is 0 Å². The van der Waals surface area contributed by atoms with E-state index < -0.39 is 29.3 Å². The molecule has 0 spiro atoms. The van der Waals surface area contributed by atoms with E-state index in [1.807, 2.05) is 0 Å². The molecule has 2 N–H and O–H groups in total. The second kappa shape index (κ2) is 5.63. The predicted octanol–water partition coefficient (Wildman–Crippen LogP) is 3.79. The van der Waals surface area contributed by atoms with Gasteiger partial charge < -0.3 is 5.73 Å². The summed E-state index contributed by atoms with van der Waals surface area (Å²) in [7, 11) is 0. The number of nitrogens with two attached hydrogens (primary N) is 1. The van der Waals surface area contributed by atoms with Gasteiger partial charge in [0.05, 0.1) is 0 Å². The molecule has 2 aromatic rings. The number of halogens is 4. The first kappa shape index (κ1) is 14.5. The molecule has 1 atom stereocenters. The van der Waals surface area contributed by atoms with E-state index in [-0.39, 0.29) is 17.5 Å². The van der Waals surface area contributed by atoms with Gasteiger partial charge in [-0.15, -0.1) is 0 Å². The molecular formula is C15H13F4N. The molecule has 0 aliphatic carbocycles. The van der Waals surface area contributed by atoms with E-state index in [1.54, 1.807) is 0 Å². The standard InChI is InChI=1S/C15H13F4N/c1-8-4-10(13(18)7-12(8)17)15(20)6-9-2-3-11(16)14(19)5-9/h2-5,7,15H,6,20H2,1H3. The molecule has 106 valence electrons. The highest BCUT2D eigenvalue weighted by Crippen LogP contribution is 2.23. The Hall–Kier alpha value is -1.88. The Balaban J connectivity index is 2.25. The summed E-state index contributed by atoms with van der Waals surface area (Å²) in [6.45, 7) is 1.50. The zero-order valence-electron chi connectivity index (χ0n) is 10.8. The fourth-order valence-corrected chi connectivity index (χ4v) is 1.99. The first-order valence-corrected chi connectivity index (χ1v) is 6.03. The van der Waals surface area contributed by atoms with Crippen molar-refractivity contribution < 1.29 is 17.6 Å². The Kier molecular flexibility index (Phi) is 4.09. The summed E-state index contributed by atoms with van der Waals surface area (Å²) in [5, 5.41) is 0. The molecule has 0 aliphatic rings. The lowest BCUT2D eigenvalue weighted by Crippen LogP contribution is -2.16. The maximum absolute atomic E-state index is 13.7. The van der Waals surface area contributed by atoms with Crippen molar-refractivity contribution in [2.24, 2.45) is 5.73 Å². The normalized spacial score (nSPS) is 12.5. The molecule has 0 bridgehead atoms. The van der Waals surface area contributed by atoms with Crippen LogP contribution in [0.5, 0.6) is 0 Å². The van der Waals surface area contributed by atoms with Crippen molar-refractivity contribution in [3.05, 3.63) is 70.3 Å². The molecule has 0 aliphatic heterocycles. The summed E-state index contributed by atoms with van der Waals surface area (Å²) in [6, 6.07) is 4.73. The van der Waals surface area contributed by atoms with Gasteiger partial charge in [-0.05, 0) is 42.7 Å². The van der Waals surface area contributed by atoms with Crippen LogP contribution in [-0.2, 0) is 6.42 Å². The molecule has 20 heavy (non-hydrogen) atoms. The van der Waals surface area contributed by atoms with Crippen molar-refractivity contribution in [2.45, 2.75) is 19.4 Å². The molecule has 2 rings (SSSR count). The lowest BCUT2D eigenvalue weighted by atomic mass is 9.97. The molecule has 0 aromatic heterocycles. The van der Waals surface area contributed by atoms with Crippen molar-refractivity contribution in [3.63, 3.8) is 0 Å². The molecule has 0 fully saturated rings. The van der Waals surface area contributed by atoms with Crippen LogP contribution in [0.25, 0.3) is 0 Å². The van der Waals surface area contributed by atoms with Crippen LogP contribution in [0.15, 0.2) is 30.3 Å². The minimum atomic E-state index is -0.981. The number of rotatable bonds is 3. The summed E-state index contributed by atoms with van der Waals surface area (Å²) in [5.74, 6) is -3.33. The SMILES string of the molecule is Cc1cc(C(N)Cc2ccc(F)c(F)c2)c(F)cc1F. The predicted molar refractivity (Wildman–Crippen MR) is 68.1 cm³/mol. The fourth-order valence-electron chi connectivity index (χ4n) is 1.99. The quantitative estimate of drug-likeness (QED) is 0.852. The number of hydrogen-bond acceptors (Lipinski definition) is 1. The summed E-state index contributed by atoms with van der Waals surface area (Å²) in [6.07, 6.45) is 0.124. The van der Waals surface area contributed by atoms with E-state index >= 15 is 0 Å². The second-order valence-corrected chi connectivity index (χ2v) is 4.68. The third kappa shape index (κ3) is 2.99. The molecule has 0 amide bonds. The largest absolute Gasteiger partial charge is 0.324 e. The molecule has 0 saturated heterocycles. The highest BCUT2D eigenvalue weighted by atomic mass is 19.2. The van der Waals surface area contributed by atoms with Crippen LogP contribution in [0, 0.1) is 30.2 Å². The minimum Gasteiger partial charge on any atom is -0.324 e. The number of benzene rings is 2. The minimum absolute atomic E-state index is 0.124. The molecule has 2 aromatic carbocycles. The summed E-state index contributed by atoms with van der Waals surface area (Å²) < 4.78 is 52.7. The van der Waals surface area contributed by atoms with Crippen molar-refractivity contribution in [1.29, 1.82) is 0 Å². The van der Waals surface area contributed by atoms with Gasteiger partial charge in [0.15, 0.2) is 11.6 Å². The summed E-state index contributed by atoms with van der Waals surface area (Å²) >= 11 is 0. The lowest BCUT2D eigenvalue weighted by molar-refractivity contribution is 0.505. The Morgan fingerprint density at radius 3 is 2.25 bits per heavy atom. The van der Waals surface area contributed by atoms with Gasteiger partial charge >= 0.3 is 0 Å². The Morgan fingerprint density at radius 1 is 0.900 bits per heavy atom. The highest BCUT2D eigenvalue weighted by Gasteiger charge is 2.15. The lowest BCUT2D eigenvalue weighted by Gasteiger charge is -2.14. The molecule has 0 heterocycles. The fraction of sp³-hybridized carbons (Fsp3) is 0.200. The van der Waals surface area contributed by atoms with Crippen molar-refractivity contribution in [2.75, 3.05) is 0 Å². The van der Waals surface area contributed by atoms with Crippen LogP contribution in [0.4, 0.5) is 17.6 Å². The average Bonchev–Trinajstić information content (AvgIpc) is 2.38. The zero-order valence-corrected chi connectivity index (χ0v) is 10.8. The molecule has 1 unspecified atom stereocenters. The van der Waals surface area contributed by atoms with E-state index in [9.17, 15) is 17.6 Å². The summed E-state index contributed by atoms with van der Waals surface area (Å²) in [5.41, 5.74) is 6.73. The molecule has 0 saturated carbocycles. The van der Waals surface area contributed by atoms with Gasteiger partial charge in [-0.1, -0.05) is 6.07 Å². The van der Waals surface area contributed by atoms with Crippen molar-refractivity contribution in [3.8, 4) is 0 Å². The van der Waals surface area contributed by atoms with Gasteiger partial charge in [-0.3, -0.25) is 0 Å². The third-order valence-corrected chi connectivity index (χ3v) is 3.12. The Morgan fingerprint density at radius 2 is 1.60 bits per heavy atom. The number of hydrogen-bond donors (Lipinski definition) is 1. The first-order valence-electron chi connectivity index (χ1n) is 6.03. The van der Waals surface area contributed by atoms with Crippen LogP contribution >= 0.6 is 0 Å². The molecular weight excluding hydrogens is 270 g/mol. The highest BCUT2D eigenvalue weighted by molar-refractivity contribution is 5.30. The van der Waals surface area contributed by atoms with Gasteiger partial charge in [0.2, 0.25) is 0 Å². The maximum Gasteiger partial charge on any atom is 0.159 e. The van der Waals surface area contributed by atoms with Gasteiger partial charge in [0.25, 0.3) is 0 Å². The van der Waals surface area contributed by atoms with E-state index in [0.29, 0.717) is 5.56 Å². The third-order valence-electron chi connectivity index (χ3n) is 3.12. The van der Waals surface area contributed by atoms with Gasteiger partial charge in [-0.25, -0.2) is 17.6 Å². The van der Waals surface area contributed by atoms with E-state index in [2.05, 4.69) is 0 Å². The van der Waals surface area contributed by atoms with Gasteiger partial charge in [0, 0.05) is 17.7 Å². The summed E-state index contributed by atoms with van der Waals surface area (Å²) in [4.78, 5) is 0. The molecule has 0 radical (unpaired) electrons. The van der Waals surface area contributed by atoms with Gasteiger partial charge in [-0.2, -0.15) is 0 Å². The molecule has 5 heteroatoms. The van der Waals surface area contributed by atoms with Crippen molar-refractivity contribution in [1.82, 2.24) is 0 Å². The second-order valence-electron chi connectivity index (χ2n) is 4.68. The monoisotopic (exact) mass is 283 g/mol. The van der Waals surface area contributed by atoms with E-state index in [1.165, 1.54) is 19.1 Å².